The summed E-state index contributed by atoms with van der Waals surface area (Å²) in [5, 5.41) is 4.08. The summed E-state index contributed by atoms with van der Waals surface area (Å²) in [5.41, 5.74) is 2.07. The minimum atomic E-state index is 0.165. The molecule has 0 aliphatic rings. The quantitative estimate of drug-likeness (QED) is 0.817. The largest absolute Gasteiger partial charge is 0.497 e. The van der Waals surface area contributed by atoms with E-state index in [0.29, 0.717) is 5.02 Å². The molecule has 19 heavy (non-hydrogen) atoms. The molecule has 0 aliphatic carbocycles. The molecule has 1 N–H and O–H groups in total. The molecular weight excluding hydrogens is 326 g/mol. The molecule has 100 valence electrons. The average molecular weight is 341 g/mol. The van der Waals surface area contributed by atoms with Crippen LogP contribution in [0.5, 0.6) is 5.75 Å². The second kappa shape index (κ2) is 6.31. The first-order valence-electron chi connectivity index (χ1n) is 5.95. The fourth-order valence-corrected chi connectivity index (χ4v) is 2.25. The average Bonchev–Trinajstić information content (AvgIpc) is 2.42. The van der Waals surface area contributed by atoms with Crippen LogP contribution >= 0.6 is 27.5 Å². The Kier molecular flexibility index (Phi) is 4.72. The van der Waals surface area contributed by atoms with Crippen molar-refractivity contribution in [2.75, 3.05) is 12.4 Å². The fourth-order valence-electron chi connectivity index (χ4n) is 1.81. The van der Waals surface area contributed by atoms with Gasteiger partial charge in [0.2, 0.25) is 0 Å². The number of rotatable bonds is 4. The molecule has 0 radical (unpaired) electrons. The van der Waals surface area contributed by atoms with Crippen LogP contribution in [0.25, 0.3) is 0 Å². The van der Waals surface area contributed by atoms with Crippen molar-refractivity contribution < 1.29 is 4.74 Å². The van der Waals surface area contributed by atoms with Crippen molar-refractivity contribution in [2.24, 2.45) is 0 Å². The number of benzene rings is 2. The Morgan fingerprint density at radius 1 is 1.16 bits per heavy atom. The minimum absolute atomic E-state index is 0.165. The summed E-state index contributed by atoms with van der Waals surface area (Å²) in [6.45, 7) is 2.10. The number of hydrogen-bond donors (Lipinski definition) is 1. The molecule has 0 amide bonds. The van der Waals surface area contributed by atoms with Gasteiger partial charge in [0.05, 0.1) is 17.8 Å². The van der Waals surface area contributed by atoms with Gasteiger partial charge in [-0.25, -0.2) is 0 Å². The van der Waals surface area contributed by atoms with E-state index in [1.165, 1.54) is 5.56 Å². The van der Waals surface area contributed by atoms with E-state index < -0.39 is 0 Å². The summed E-state index contributed by atoms with van der Waals surface area (Å²) in [6, 6.07) is 14.0. The van der Waals surface area contributed by atoms with Crippen molar-refractivity contribution in [1.82, 2.24) is 0 Å². The van der Waals surface area contributed by atoms with Crippen LogP contribution in [-0.2, 0) is 0 Å². The molecule has 0 aromatic heterocycles. The highest BCUT2D eigenvalue weighted by Crippen LogP contribution is 2.30. The molecule has 1 unspecified atom stereocenters. The molecule has 4 heteroatoms. The van der Waals surface area contributed by atoms with E-state index >= 15 is 0 Å². The zero-order valence-electron chi connectivity index (χ0n) is 10.8. The summed E-state index contributed by atoms with van der Waals surface area (Å²) >= 11 is 9.62. The zero-order chi connectivity index (χ0) is 13.8. The lowest BCUT2D eigenvalue weighted by atomic mass is 10.1. The van der Waals surface area contributed by atoms with Gasteiger partial charge in [-0.05, 0) is 36.8 Å². The smallest absolute Gasteiger partial charge is 0.121 e. The van der Waals surface area contributed by atoms with Crippen LogP contribution in [0.15, 0.2) is 46.9 Å². The Balaban J connectivity index is 2.18. The summed E-state index contributed by atoms with van der Waals surface area (Å²) in [6.07, 6.45) is 0. The van der Waals surface area contributed by atoms with Crippen LogP contribution in [-0.4, -0.2) is 7.11 Å². The molecule has 0 fully saturated rings. The van der Waals surface area contributed by atoms with Gasteiger partial charge in [0.1, 0.15) is 5.75 Å². The Bertz CT molecular complexity index is 557. The monoisotopic (exact) mass is 339 g/mol. The zero-order valence-corrected chi connectivity index (χ0v) is 13.1. The SMILES string of the molecule is COc1ccc(Cl)c(NC(C)c2ccc(Br)cc2)c1. The fraction of sp³-hybridized carbons (Fsp3) is 0.200. The number of halogens is 2. The topological polar surface area (TPSA) is 21.3 Å². The molecule has 1 atom stereocenters. The molecule has 0 saturated carbocycles. The third-order valence-corrected chi connectivity index (χ3v) is 3.77. The van der Waals surface area contributed by atoms with Crippen molar-refractivity contribution in [3.8, 4) is 5.75 Å². The van der Waals surface area contributed by atoms with Gasteiger partial charge in [0.25, 0.3) is 0 Å². The highest BCUT2D eigenvalue weighted by Gasteiger charge is 2.08. The molecule has 0 spiro atoms. The molecule has 0 saturated heterocycles. The summed E-state index contributed by atoms with van der Waals surface area (Å²) in [4.78, 5) is 0. The van der Waals surface area contributed by atoms with Crippen molar-refractivity contribution >= 4 is 33.2 Å². The van der Waals surface area contributed by atoms with E-state index in [4.69, 9.17) is 16.3 Å². The maximum Gasteiger partial charge on any atom is 0.121 e. The number of anilines is 1. The van der Waals surface area contributed by atoms with Crippen molar-refractivity contribution in [3.05, 3.63) is 57.5 Å². The standard InChI is InChI=1S/C15H15BrClNO/c1-10(11-3-5-12(16)6-4-11)18-15-9-13(19-2)7-8-14(15)17/h3-10,18H,1-2H3. The number of ether oxygens (including phenoxy) is 1. The second-order valence-corrected chi connectivity index (χ2v) is 5.59. The van der Waals surface area contributed by atoms with E-state index in [1.54, 1.807) is 7.11 Å². The molecular formula is C15H15BrClNO. The number of hydrogen-bond acceptors (Lipinski definition) is 2. The maximum atomic E-state index is 6.18. The Labute approximate surface area is 126 Å². The highest BCUT2D eigenvalue weighted by molar-refractivity contribution is 9.10. The van der Waals surface area contributed by atoms with Crippen LogP contribution in [0, 0.1) is 0 Å². The van der Waals surface area contributed by atoms with Gasteiger partial charge in [-0.2, -0.15) is 0 Å². The Hall–Kier alpha value is -1.19. The third-order valence-electron chi connectivity index (χ3n) is 2.92. The maximum absolute atomic E-state index is 6.18. The highest BCUT2D eigenvalue weighted by atomic mass is 79.9. The summed E-state index contributed by atoms with van der Waals surface area (Å²) in [7, 11) is 1.64. The Morgan fingerprint density at radius 3 is 2.47 bits per heavy atom. The first-order chi connectivity index (χ1) is 9.10. The normalized spacial score (nSPS) is 12.0. The van der Waals surface area contributed by atoms with Crippen molar-refractivity contribution in [1.29, 1.82) is 0 Å². The molecule has 2 aromatic rings. The third kappa shape index (κ3) is 3.64. The molecule has 2 aromatic carbocycles. The first kappa shape index (κ1) is 14.2. The lowest BCUT2D eigenvalue weighted by Gasteiger charge is -2.17. The van der Waals surface area contributed by atoms with Crippen LogP contribution < -0.4 is 10.1 Å². The van der Waals surface area contributed by atoms with Crippen LogP contribution in [0.4, 0.5) is 5.69 Å². The van der Waals surface area contributed by atoms with E-state index in [2.05, 4.69) is 40.3 Å². The predicted molar refractivity (Wildman–Crippen MR) is 84.2 cm³/mol. The van der Waals surface area contributed by atoms with Crippen LogP contribution in [0.3, 0.4) is 0 Å². The molecule has 0 heterocycles. The van der Waals surface area contributed by atoms with E-state index in [0.717, 1.165) is 15.9 Å². The molecule has 0 bridgehead atoms. The van der Waals surface area contributed by atoms with Gasteiger partial charge in [0, 0.05) is 16.6 Å². The lowest BCUT2D eigenvalue weighted by molar-refractivity contribution is 0.415. The molecule has 2 nitrogen and oxygen atoms in total. The summed E-state index contributed by atoms with van der Waals surface area (Å²) < 4.78 is 6.28. The van der Waals surface area contributed by atoms with Crippen molar-refractivity contribution in [3.63, 3.8) is 0 Å². The van der Waals surface area contributed by atoms with Crippen LogP contribution in [0.1, 0.15) is 18.5 Å². The molecule has 2 rings (SSSR count). The molecule has 0 aliphatic heterocycles. The van der Waals surface area contributed by atoms with Gasteiger partial charge in [0.15, 0.2) is 0 Å². The minimum Gasteiger partial charge on any atom is -0.497 e. The van der Waals surface area contributed by atoms with Crippen LogP contribution in [0.2, 0.25) is 5.02 Å². The lowest BCUT2D eigenvalue weighted by Crippen LogP contribution is -2.07. The first-order valence-corrected chi connectivity index (χ1v) is 7.13. The number of methoxy groups -OCH3 is 1. The van der Waals surface area contributed by atoms with E-state index in [9.17, 15) is 0 Å². The van der Waals surface area contributed by atoms with Gasteiger partial charge in [-0.1, -0.05) is 39.7 Å². The van der Waals surface area contributed by atoms with Gasteiger partial charge in [-0.3, -0.25) is 0 Å². The second-order valence-electron chi connectivity index (χ2n) is 4.26. The summed E-state index contributed by atoms with van der Waals surface area (Å²) in [5.74, 6) is 0.787. The Morgan fingerprint density at radius 2 is 1.84 bits per heavy atom. The van der Waals surface area contributed by atoms with Gasteiger partial charge < -0.3 is 10.1 Å². The predicted octanol–water partition coefficient (Wildman–Crippen LogP) is 5.28. The van der Waals surface area contributed by atoms with E-state index in [1.807, 2.05) is 30.3 Å². The van der Waals surface area contributed by atoms with E-state index in [-0.39, 0.29) is 6.04 Å². The number of nitrogens with one attached hydrogen (secondary N) is 1. The van der Waals surface area contributed by atoms with Gasteiger partial charge >= 0.3 is 0 Å². The van der Waals surface area contributed by atoms with Crippen molar-refractivity contribution in [2.45, 2.75) is 13.0 Å². The van der Waals surface area contributed by atoms with Gasteiger partial charge in [-0.15, -0.1) is 0 Å².